The first kappa shape index (κ1) is 13.9. The van der Waals surface area contributed by atoms with Crippen molar-refractivity contribution in [2.24, 2.45) is 0 Å². The average molecular weight is 204 g/mol. The highest BCUT2D eigenvalue weighted by Crippen LogP contribution is 2.24. The minimum absolute atomic E-state index is 0.0699. The van der Waals surface area contributed by atoms with Gasteiger partial charge in [-0.25, -0.2) is 0 Å². The van der Waals surface area contributed by atoms with Crippen molar-refractivity contribution in [2.75, 3.05) is 6.61 Å². The molecule has 5 nitrogen and oxygen atoms in total. The van der Waals surface area contributed by atoms with Gasteiger partial charge in [-0.05, 0) is 26.7 Å². The highest BCUT2D eigenvalue weighted by molar-refractivity contribution is 6.13. The smallest absolute Gasteiger partial charge is 0.156 e. The highest BCUT2D eigenvalue weighted by atomic mass is 16.6. The molecule has 82 valence electrons. The summed E-state index contributed by atoms with van der Waals surface area (Å²) in [5, 5.41) is 33.6. The van der Waals surface area contributed by atoms with Crippen molar-refractivity contribution >= 4 is 7.85 Å². The van der Waals surface area contributed by atoms with Crippen LogP contribution >= 0.6 is 0 Å². The van der Waals surface area contributed by atoms with E-state index in [-0.39, 0.29) is 12.7 Å². The first-order chi connectivity index (χ1) is 6.14. The van der Waals surface area contributed by atoms with Gasteiger partial charge >= 0.3 is 0 Å². The predicted molar refractivity (Wildman–Crippen MR) is 50.4 cm³/mol. The Morgan fingerprint density at radius 2 is 1.93 bits per heavy atom. The fraction of sp³-hybridized carbons (Fsp3) is 1.00. The van der Waals surface area contributed by atoms with Gasteiger partial charge in [0.05, 0.1) is 12.7 Å². The molecule has 1 fully saturated rings. The third-order valence-corrected chi connectivity index (χ3v) is 1.40. The second-order valence-corrected chi connectivity index (χ2v) is 3.80. The number of ether oxygens (including phenoxy) is 1. The Kier molecular flexibility index (Phi) is 5.04. The summed E-state index contributed by atoms with van der Waals surface area (Å²) in [5.74, 6) is -1.50. The van der Waals surface area contributed by atoms with Gasteiger partial charge in [-0.3, -0.25) is 0 Å². The fourth-order valence-electron chi connectivity index (χ4n) is 0.903. The molecule has 0 saturated carbocycles. The summed E-state index contributed by atoms with van der Waals surface area (Å²) in [7, 11) is 5.17. The van der Waals surface area contributed by atoms with Crippen LogP contribution in [0.3, 0.4) is 0 Å². The van der Waals surface area contributed by atoms with E-state index in [1.54, 1.807) is 0 Å². The van der Waals surface area contributed by atoms with Crippen molar-refractivity contribution in [2.45, 2.75) is 44.3 Å². The van der Waals surface area contributed by atoms with E-state index in [0.29, 0.717) is 12.8 Å². The zero-order valence-electron chi connectivity index (χ0n) is 8.47. The van der Waals surface area contributed by atoms with E-state index in [9.17, 15) is 0 Å². The molecule has 1 rings (SSSR count). The molecule has 0 aromatic rings. The summed E-state index contributed by atoms with van der Waals surface area (Å²) in [4.78, 5) is 0. The van der Waals surface area contributed by atoms with Gasteiger partial charge in [0.2, 0.25) is 0 Å². The lowest BCUT2D eigenvalue weighted by atomic mass is 9.92. The molecule has 6 heteroatoms. The second kappa shape index (κ2) is 5.09. The predicted octanol–water partition coefficient (Wildman–Crippen LogP) is -1.32. The maximum Gasteiger partial charge on any atom is 0.156 e. The van der Waals surface area contributed by atoms with Crippen LogP contribution in [0.1, 0.15) is 26.7 Å². The minimum atomic E-state index is -1.50. The van der Waals surface area contributed by atoms with Gasteiger partial charge in [0.15, 0.2) is 13.6 Å². The summed E-state index contributed by atoms with van der Waals surface area (Å²) in [6, 6.07) is 0. The Hall–Kier alpha value is -0.135. The van der Waals surface area contributed by atoms with Crippen molar-refractivity contribution in [3.05, 3.63) is 0 Å². The summed E-state index contributed by atoms with van der Waals surface area (Å²) >= 11 is 0. The van der Waals surface area contributed by atoms with Crippen LogP contribution in [0, 0.1) is 0 Å². The van der Waals surface area contributed by atoms with Crippen LogP contribution in [0.2, 0.25) is 0 Å². The molecular formula is C8H17BO5. The normalized spacial score (nSPS) is 32.3. The van der Waals surface area contributed by atoms with Crippen LogP contribution in [-0.4, -0.2) is 52.5 Å². The molecule has 1 saturated heterocycles. The summed E-state index contributed by atoms with van der Waals surface area (Å²) < 4.78 is 4.78. The number of hydrogen-bond acceptors (Lipinski definition) is 5. The molecule has 1 aliphatic heterocycles. The zero-order valence-corrected chi connectivity index (χ0v) is 8.47. The quantitative estimate of drug-likeness (QED) is 0.314. The van der Waals surface area contributed by atoms with E-state index in [0.717, 1.165) is 0 Å². The number of aliphatic hydroxyl groups is 4. The maximum atomic E-state index is 8.94. The summed E-state index contributed by atoms with van der Waals surface area (Å²) in [6.07, 6.45) is 0.752. The molecule has 0 aromatic carbocycles. The third kappa shape index (κ3) is 8.46. The van der Waals surface area contributed by atoms with E-state index < -0.39 is 11.5 Å². The number of hydrogen-bond donors (Lipinski definition) is 4. The standard InChI is InChI=1S/C5H9BO3.C3H8O2/c6-5(8)2-1-4(3-7)9-5;1-3(2,4)5/h4,7-8H,1-3H2;4-5H,1-2H3. The number of rotatable bonds is 1. The van der Waals surface area contributed by atoms with Crippen LogP contribution in [0.5, 0.6) is 0 Å². The van der Waals surface area contributed by atoms with Crippen molar-refractivity contribution < 1.29 is 25.2 Å². The van der Waals surface area contributed by atoms with Crippen molar-refractivity contribution in [3.63, 3.8) is 0 Å². The first-order valence-corrected chi connectivity index (χ1v) is 4.39. The Bertz CT molecular complexity index is 160. The SMILES string of the molecule is CC(C)(O)O.[B]C1(O)CCC(CO)O1. The molecule has 0 bridgehead atoms. The molecule has 0 aromatic heterocycles. The minimum Gasteiger partial charge on any atom is -0.394 e. The molecule has 2 unspecified atom stereocenters. The topological polar surface area (TPSA) is 90.2 Å². The third-order valence-electron chi connectivity index (χ3n) is 1.40. The molecule has 2 atom stereocenters. The van der Waals surface area contributed by atoms with Crippen molar-refractivity contribution in [1.82, 2.24) is 0 Å². The molecule has 0 spiro atoms. The Labute approximate surface area is 84.7 Å². The maximum absolute atomic E-state index is 8.94. The highest BCUT2D eigenvalue weighted by Gasteiger charge is 2.32. The monoisotopic (exact) mass is 204 g/mol. The number of aliphatic hydroxyl groups excluding tert-OH is 1. The van der Waals surface area contributed by atoms with Gasteiger partial charge in [-0.15, -0.1) is 0 Å². The summed E-state index contributed by atoms with van der Waals surface area (Å²) in [5.41, 5.74) is -1.49. The molecule has 4 N–H and O–H groups in total. The van der Waals surface area contributed by atoms with Gasteiger partial charge in [0.1, 0.15) is 5.69 Å². The molecule has 0 aliphatic carbocycles. The molecule has 2 radical (unpaired) electrons. The molecule has 1 aliphatic rings. The van der Waals surface area contributed by atoms with Gasteiger partial charge in [-0.1, -0.05) is 0 Å². The van der Waals surface area contributed by atoms with Crippen LogP contribution in [-0.2, 0) is 4.74 Å². The average Bonchev–Trinajstić information content (AvgIpc) is 2.26. The Morgan fingerprint density at radius 1 is 1.50 bits per heavy atom. The lowest BCUT2D eigenvalue weighted by Crippen LogP contribution is -2.29. The lowest BCUT2D eigenvalue weighted by Gasteiger charge is -2.16. The molecule has 0 amide bonds. The van der Waals surface area contributed by atoms with Gasteiger partial charge in [0, 0.05) is 0 Å². The molecular weight excluding hydrogens is 187 g/mol. The van der Waals surface area contributed by atoms with Gasteiger partial charge < -0.3 is 25.2 Å². The zero-order chi connectivity index (χ0) is 11.4. The largest absolute Gasteiger partial charge is 0.394 e. The van der Waals surface area contributed by atoms with E-state index in [1.165, 1.54) is 13.8 Å². The first-order valence-electron chi connectivity index (χ1n) is 4.39. The fourth-order valence-corrected chi connectivity index (χ4v) is 0.903. The van der Waals surface area contributed by atoms with E-state index >= 15 is 0 Å². The van der Waals surface area contributed by atoms with Gasteiger partial charge in [-0.2, -0.15) is 0 Å². The van der Waals surface area contributed by atoms with Crippen LogP contribution in [0.4, 0.5) is 0 Å². The summed E-state index contributed by atoms with van der Waals surface area (Å²) in [6.45, 7) is 2.53. The van der Waals surface area contributed by atoms with Crippen LogP contribution < -0.4 is 0 Å². The van der Waals surface area contributed by atoms with Crippen LogP contribution in [0.25, 0.3) is 0 Å². The van der Waals surface area contributed by atoms with E-state index in [2.05, 4.69) is 0 Å². The Morgan fingerprint density at radius 3 is 2.07 bits per heavy atom. The lowest BCUT2D eigenvalue weighted by molar-refractivity contribution is -0.136. The second-order valence-electron chi connectivity index (χ2n) is 3.80. The van der Waals surface area contributed by atoms with E-state index in [4.69, 9.17) is 33.0 Å². The van der Waals surface area contributed by atoms with Crippen LogP contribution in [0.15, 0.2) is 0 Å². The van der Waals surface area contributed by atoms with Crippen molar-refractivity contribution in [3.8, 4) is 0 Å². The molecule has 1 heterocycles. The Balaban J connectivity index is 0.000000292. The van der Waals surface area contributed by atoms with E-state index in [1.807, 2.05) is 0 Å². The van der Waals surface area contributed by atoms with Crippen molar-refractivity contribution in [1.29, 1.82) is 0 Å². The van der Waals surface area contributed by atoms with Gasteiger partial charge in [0.25, 0.3) is 0 Å². The molecule has 14 heavy (non-hydrogen) atoms.